The summed E-state index contributed by atoms with van der Waals surface area (Å²) in [5, 5.41) is 2.54. The van der Waals surface area contributed by atoms with Crippen LogP contribution < -0.4 is 5.32 Å². The first kappa shape index (κ1) is 12.7. The number of hydrogen-bond donors (Lipinski definition) is 1. The van der Waals surface area contributed by atoms with Gasteiger partial charge in [-0.15, -0.1) is 0 Å². The van der Waals surface area contributed by atoms with E-state index in [0.29, 0.717) is 11.3 Å². The summed E-state index contributed by atoms with van der Waals surface area (Å²) in [7, 11) is 1.31. The maximum Gasteiger partial charge on any atom is 0.339 e. The zero-order chi connectivity index (χ0) is 12.7. The van der Waals surface area contributed by atoms with Gasteiger partial charge in [-0.1, -0.05) is 5.92 Å². The predicted molar refractivity (Wildman–Crippen MR) is 61.1 cm³/mol. The fourth-order valence-corrected chi connectivity index (χ4v) is 1.01. The summed E-state index contributed by atoms with van der Waals surface area (Å²) in [5.41, 5.74) is 0.905. The van der Waals surface area contributed by atoms with Crippen molar-refractivity contribution < 1.29 is 14.3 Å². The van der Waals surface area contributed by atoms with Gasteiger partial charge in [0.2, 0.25) is 5.91 Å². The molecule has 0 fully saturated rings. The number of hydrogen-bond acceptors (Lipinski definition) is 4. The molecule has 0 aliphatic carbocycles. The standard InChI is InChI=1S/C12H12N2O3/c1-9(15)13-7-3-4-11-6-5-10(8-14-11)12(16)17-2/h5-6,8H,7H2,1-2H3,(H,13,15). The molecule has 1 aromatic heterocycles. The first-order chi connectivity index (χ1) is 8.13. The summed E-state index contributed by atoms with van der Waals surface area (Å²) in [6, 6.07) is 3.20. The number of methoxy groups -OCH3 is 1. The van der Waals surface area contributed by atoms with Gasteiger partial charge in [0.1, 0.15) is 5.69 Å². The molecule has 5 heteroatoms. The molecule has 1 aromatic rings. The van der Waals surface area contributed by atoms with E-state index < -0.39 is 5.97 Å². The Morgan fingerprint density at radius 1 is 1.47 bits per heavy atom. The maximum absolute atomic E-state index is 11.1. The van der Waals surface area contributed by atoms with Crippen molar-refractivity contribution >= 4 is 11.9 Å². The number of aromatic nitrogens is 1. The maximum atomic E-state index is 11.1. The Balaban J connectivity index is 2.62. The van der Waals surface area contributed by atoms with Gasteiger partial charge in [-0.2, -0.15) is 0 Å². The Hall–Kier alpha value is -2.35. The lowest BCUT2D eigenvalue weighted by Crippen LogP contribution is -2.19. The molecular formula is C12H12N2O3. The lowest BCUT2D eigenvalue weighted by molar-refractivity contribution is -0.118. The van der Waals surface area contributed by atoms with Crippen LogP contribution in [0.3, 0.4) is 0 Å². The van der Waals surface area contributed by atoms with E-state index in [4.69, 9.17) is 0 Å². The van der Waals surface area contributed by atoms with Crippen LogP contribution in [0.2, 0.25) is 0 Å². The van der Waals surface area contributed by atoms with Crippen molar-refractivity contribution in [2.45, 2.75) is 6.92 Å². The highest BCUT2D eigenvalue weighted by Crippen LogP contribution is 2.00. The molecule has 0 atom stereocenters. The Morgan fingerprint density at radius 2 is 2.24 bits per heavy atom. The summed E-state index contributed by atoms with van der Waals surface area (Å²) in [6.45, 7) is 1.70. The van der Waals surface area contributed by atoms with Crippen molar-refractivity contribution in [1.82, 2.24) is 10.3 Å². The number of nitrogens with zero attached hydrogens (tertiary/aromatic N) is 1. The summed E-state index contributed by atoms with van der Waals surface area (Å²) < 4.78 is 4.54. The van der Waals surface area contributed by atoms with E-state index in [1.807, 2.05) is 0 Å². The third-order valence-corrected chi connectivity index (χ3v) is 1.83. The van der Waals surface area contributed by atoms with Crippen molar-refractivity contribution in [2.24, 2.45) is 0 Å². The van der Waals surface area contributed by atoms with Gasteiger partial charge in [-0.25, -0.2) is 9.78 Å². The van der Waals surface area contributed by atoms with Gasteiger partial charge < -0.3 is 10.1 Å². The van der Waals surface area contributed by atoms with Crippen molar-refractivity contribution in [1.29, 1.82) is 0 Å². The third-order valence-electron chi connectivity index (χ3n) is 1.83. The number of carbonyl (C=O) groups is 2. The largest absolute Gasteiger partial charge is 0.465 e. The zero-order valence-electron chi connectivity index (χ0n) is 9.61. The van der Waals surface area contributed by atoms with Gasteiger partial charge in [0, 0.05) is 13.1 Å². The molecule has 17 heavy (non-hydrogen) atoms. The highest BCUT2D eigenvalue weighted by molar-refractivity contribution is 5.88. The monoisotopic (exact) mass is 232 g/mol. The van der Waals surface area contributed by atoms with Crippen LogP contribution in [0.15, 0.2) is 18.3 Å². The van der Waals surface area contributed by atoms with Gasteiger partial charge in [0.05, 0.1) is 19.2 Å². The second-order valence-corrected chi connectivity index (χ2v) is 3.14. The molecular weight excluding hydrogens is 220 g/mol. The molecule has 1 rings (SSSR count). The fourth-order valence-electron chi connectivity index (χ4n) is 1.01. The van der Waals surface area contributed by atoms with Crippen LogP contribution in [0.1, 0.15) is 23.0 Å². The van der Waals surface area contributed by atoms with E-state index >= 15 is 0 Å². The van der Waals surface area contributed by atoms with Crippen LogP contribution in [0.4, 0.5) is 0 Å². The number of esters is 1. The number of pyridine rings is 1. The van der Waals surface area contributed by atoms with Gasteiger partial charge in [0.15, 0.2) is 0 Å². The first-order valence-electron chi connectivity index (χ1n) is 4.91. The molecule has 5 nitrogen and oxygen atoms in total. The molecule has 0 radical (unpaired) electrons. The summed E-state index contributed by atoms with van der Waals surface area (Å²) in [4.78, 5) is 25.7. The van der Waals surface area contributed by atoms with Gasteiger partial charge in [-0.05, 0) is 18.1 Å². The Morgan fingerprint density at radius 3 is 2.76 bits per heavy atom. The van der Waals surface area contributed by atoms with Crippen LogP contribution in [-0.4, -0.2) is 30.5 Å². The SMILES string of the molecule is COC(=O)c1ccc(C#CCNC(C)=O)nc1. The van der Waals surface area contributed by atoms with Crippen molar-refractivity contribution in [2.75, 3.05) is 13.7 Å². The molecule has 0 aliphatic rings. The summed E-state index contributed by atoms with van der Waals surface area (Å²) in [6.07, 6.45) is 1.40. The minimum Gasteiger partial charge on any atom is -0.465 e. The van der Waals surface area contributed by atoms with Gasteiger partial charge >= 0.3 is 5.97 Å². The number of nitrogens with one attached hydrogen (secondary N) is 1. The number of carbonyl (C=O) groups excluding carboxylic acids is 2. The molecule has 0 unspecified atom stereocenters. The highest BCUT2D eigenvalue weighted by Gasteiger charge is 2.03. The van der Waals surface area contributed by atoms with Crippen LogP contribution in [-0.2, 0) is 9.53 Å². The number of rotatable bonds is 2. The van der Waals surface area contributed by atoms with Crippen molar-refractivity contribution in [3.05, 3.63) is 29.6 Å². The van der Waals surface area contributed by atoms with E-state index in [9.17, 15) is 9.59 Å². The van der Waals surface area contributed by atoms with Crippen molar-refractivity contribution in [3.63, 3.8) is 0 Å². The first-order valence-corrected chi connectivity index (χ1v) is 4.91. The molecule has 0 spiro atoms. The minimum atomic E-state index is -0.435. The average Bonchev–Trinajstić information content (AvgIpc) is 2.34. The van der Waals surface area contributed by atoms with Crippen LogP contribution in [0.5, 0.6) is 0 Å². The Bertz CT molecular complexity index is 469. The normalized spacial score (nSPS) is 8.82. The molecule has 1 heterocycles. The zero-order valence-corrected chi connectivity index (χ0v) is 9.61. The van der Waals surface area contributed by atoms with E-state index in [1.165, 1.54) is 20.2 Å². The lowest BCUT2D eigenvalue weighted by atomic mass is 10.2. The molecule has 0 saturated heterocycles. The molecule has 1 N–H and O–H groups in total. The number of ether oxygens (including phenoxy) is 1. The molecule has 88 valence electrons. The fraction of sp³-hybridized carbons (Fsp3) is 0.250. The summed E-state index contributed by atoms with van der Waals surface area (Å²) >= 11 is 0. The molecule has 0 bridgehead atoms. The van der Waals surface area contributed by atoms with E-state index in [1.54, 1.807) is 12.1 Å². The predicted octanol–water partition coefficient (Wildman–Crippen LogP) is 0.356. The van der Waals surface area contributed by atoms with Crippen LogP contribution in [0.25, 0.3) is 0 Å². The van der Waals surface area contributed by atoms with Crippen LogP contribution in [0, 0.1) is 11.8 Å². The van der Waals surface area contributed by atoms with Crippen LogP contribution >= 0.6 is 0 Å². The third kappa shape index (κ3) is 4.34. The van der Waals surface area contributed by atoms with Gasteiger partial charge in [0.25, 0.3) is 0 Å². The van der Waals surface area contributed by atoms with E-state index in [-0.39, 0.29) is 12.5 Å². The molecule has 1 amide bonds. The van der Waals surface area contributed by atoms with Gasteiger partial charge in [-0.3, -0.25) is 4.79 Å². The van der Waals surface area contributed by atoms with E-state index in [0.717, 1.165) is 0 Å². The average molecular weight is 232 g/mol. The smallest absolute Gasteiger partial charge is 0.339 e. The molecule has 0 aliphatic heterocycles. The quantitative estimate of drug-likeness (QED) is 0.590. The lowest BCUT2D eigenvalue weighted by Gasteiger charge is -1.97. The molecule has 0 saturated carbocycles. The topological polar surface area (TPSA) is 68.3 Å². The number of amides is 1. The second kappa shape index (κ2) is 6.28. The highest BCUT2D eigenvalue weighted by atomic mass is 16.5. The Kier molecular flexibility index (Phi) is 4.70. The second-order valence-electron chi connectivity index (χ2n) is 3.14. The Labute approximate surface area is 99.2 Å². The summed E-state index contributed by atoms with van der Waals surface area (Å²) in [5.74, 6) is 4.93. The van der Waals surface area contributed by atoms with E-state index in [2.05, 4.69) is 26.9 Å². The minimum absolute atomic E-state index is 0.131. The van der Waals surface area contributed by atoms with Crippen molar-refractivity contribution in [3.8, 4) is 11.8 Å². The molecule has 0 aromatic carbocycles.